The van der Waals surface area contributed by atoms with E-state index in [-0.39, 0.29) is 0 Å². The van der Waals surface area contributed by atoms with Gasteiger partial charge in [0, 0.05) is 11.1 Å². The molecule has 0 saturated heterocycles. The van der Waals surface area contributed by atoms with E-state index in [1.165, 1.54) is 11.9 Å². The van der Waals surface area contributed by atoms with Crippen molar-refractivity contribution in [2.75, 3.05) is 4.72 Å². The fraction of sp³-hybridized carbons (Fsp3) is 0. The molecule has 3 aromatic rings. The quantitative estimate of drug-likeness (QED) is 0.693. The first kappa shape index (κ1) is 10.2. The maximum Gasteiger partial charge on any atom is 0.149 e. The zero-order chi connectivity index (χ0) is 11.5. The van der Waals surface area contributed by atoms with E-state index in [9.17, 15) is 0 Å². The fourth-order valence-electron chi connectivity index (χ4n) is 1.55. The average Bonchev–Trinajstić information content (AvgIpc) is 2.86. The molecule has 2 heterocycles. The summed E-state index contributed by atoms with van der Waals surface area (Å²) in [5, 5.41) is 0.996. The highest BCUT2D eigenvalue weighted by atomic mass is 32.2. The van der Waals surface area contributed by atoms with Gasteiger partial charge in [0.25, 0.3) is 0 Å². The summed E-state index contributed by atoms with van der Waals surface area (Å²) in [5.41, 5.74) is 0.844. The molecule has 5 heteroatoms. The van der Waals surface area contributed by atoms with Crippen LogP contribution in [0.3, 0.4) is 0 Å². The van der Waals surface area contributed by atoms with Gasteiger partial charge in [-0.1, -0.05) is 18.2 Å². The van der Waals surface area contributed by atoms with Crippen molar-refractivity contribution in [1.29, 1.82) is 0 Å². The first-order chi connectivity index (χ1) is 8.43. The highest BCUT2D eigenvalue weighted by Gasteiger charge is 2.03. The van der Waals surface area contributed by atoms with Gasteiger partial charge in [-0.05, 0) is 30.1 Å². The highest BCUT2D eigenvalue weighted by Crippen LogP contribution is 2.24. The Morgan fingerprint density at radius 3 is 2.82 bits per heavy atom. The van der Waals surface area contributed by atoms with Crippen LogP contribution in [0.2, 0.25) is 0 Å². The van der Waals surface area contributed by atoms with Gasteiger partial charge < -0.3 is 9.71 Å². The third-order valence-electron chi connectivity index (χ3n) is 2.36. The lowest BCUT2D eigenvalue weighted by Crippen LogP contribution is -1.92. The second-order valence-electron chi connectivity index (χ2n) is 3.48. The number of rotatable bonds is 3. The number of aromatic amines is 1. The molecule has 17 heavy (non-hydrogen) atoms. The summed E-state index contributed by atoms with van der Waals surface area (Å²) in [6.07, 6.45) is 3.41. The highest BCUT2D eigenvalue weighted by molar-refractivity contribution is 8.00. The molecule has 0 fully saturated rings. The van der Waals surface area contributed by atoms with E-state index >= 15 is 0 Å². The predicted octanol–water partition coefficient (Wildman–Crippen LogP) is 3.08. The molecule has 0 unspecified atom stereocenters. The lowest BCUT2D eigenvalue weighted by Gasteiger charge is -2.04. The first-order valence-electron chi connectivity index (χ1n) is 5.19. The zero-order valence-corrected chi connectivity index (χ0v) is 9.74. The zero-order valence-electron chi connectivity index (χ0n) is 8.92. The van der Waals surface area contributed by atoms with Crippen molar-refractivity contribution in [3.05, 3.63) is 48.9 Å². The van der Waals surface area contributed by atoms with Crippen LogP contribution in [-0.2, 0) is 0 Å². The molecule has 0 radical (unpaired) electrons. The topological polar surface area (TPSA) is 53.6 Å². The minimum Gasteiger partial charge on any atom is -0.346 e. The van der Waals surface area contributed by atoms with Crippen LogP contribution in [0, 0.1) is 0 Å². The van der Waals surface area contributed by atoms with Crippen LogP contribution in [0.5, 0.6) is 0 Å². The molecule has 84 valence electrons. The third-order valence-corrected chi connectivity index (χ3v) is 3.17. The van der Waals surface area contributed by atoms with Gasteiger partial charge in [0.1, 0.15) is 17.8 Å². The van der Waals surface area contributed by atoms with Gasteiger partial charge in [0.05, 0.1) is 5.39 Å². The summed E-state index contributed by atoms with van der Waals surface area (Å²) in [5.74, 6) is 0.824. The Morgan fingerprint density at radius 2 is 1.94 bits per heavy atom. The monoisotopic (exact) mass is 242 g/mol. The van der Waals surface area contributed by atoms with Crippen LogP contribution in [-0.4, -0.2) is 15.0 Å². The van der Waals surface area contributed by atoms with Crippen LogP contribution >= 0.6 is 11.9 Å². The smallest absolute Gasteiger partial charge is 0.149 e. The van der Waals surface area contributed by atoms with Crippen LogP contribution in [0.15, 0.2) is 53.8 Å². The van der Waals surface area contributed by atoms with Crippen molar-refractivity contribution >= 4 is 28.8 Å². The molecule has 0 spiro atoms. The van der Waals surface area contributed by atoms with E-state index in [4.69, 9.17) is 0 Å². The van der Waals surface area contributed by atoms with E-state index in [0.717, 1.165) is 21.7 Å². The minimum atomic E-state index is 0.824. The normalized spacial score (nSPS) is 10.6. The standard InChI is InChI=1S/C12H10N4S/c1-2-4-9(5-3-1)17-16-12-10-6-7-13-11(10)14-8-15-12/h1-8H,(H2,13,14,15,16). The van der Waals surface area contributed by atoms with Crippen LogP contribution in [0.25, 0.3) is 11.0 Å². The Hall–Kier alpha value is -2.01. The van der Waals surface area contributed by atoms with E-state index in [2.05, 4.69) is 19.7 Å². The second kappa shape index (κ2) is 4.47. The van der Waals surface area contributed by atoms with Crippen molar-refractivity contribution in [2.45, 2.75) is 4.90 Å². The Morgan fingerprint density at radius 1 is 1.06 bits per heavy atom. The molecule has 0 aliphatic heterocycles. The molecule has 0 aliphatic rings. The third kappa shape index (κ3) is 2.09. The van der Waals surface area contributed by atoms with Gasteiger partial charge in [-0.25, -0.2) is 9.97 Å². The van der Waals surface area contributed by atoms with Gasteiger partial charge >= 0.3 is 0 Å². The molecule has 4 nitrogen and oxygen atoms in total. The van der Waals surface area contributed by atoms with E-state index in [1.807, 2.05) is 42.6 Å². The number of nitrogens with zero attached hydrogens (tertiary/aromatic N) is 2. The Kier molecular flexibility index (Phi) is 2.67. The summed E-state index contributed by atoms with van der Waals surface area (Å²) >= 11 is 1.54. The number of anilines is 1. The van der Waals surface area contributed by atoms with Gasteiger partial charge in [0.15, 0.2) is 0 Å². The van der Waals surface area contributed by atoms with Gasteiger partial charge in [-0.2, -0.15) is 0 Å². The Balaban J connectivity index is 1.84. The van der Waals surface area contributed by atoms with Crippen molar-refractivity contribution in [3.8, 4) is 0 Å². The molecule has 0 bridgehead atoms. The molecule has 0 aliphatic carbocycles. The number of H-pyrrole nitrogens is 1. The lowest BCUT2D eigenvalue weighted by molar-refractivity contribution is 1.21. The number of aromatic nitrogens is 3. The van der Waals surface area contributed by atoms with Crippen molar-refractivity contribution in [3.63, 3.8) is 0 Å². The summed E-state index contributed by atoms with van der Waals surface area (Å²) in [6.45, 7) is 0. The molecular weight excluding hydrogens is 232 g/mol. The largest absolute Gasteiger partial charge is 0.346 e. The first-order valence-corrected chi connectivity index (χ1v) is 6.01. The number of benzene rings is 1. The number of fused-ring (bicyclic) bond motifs is 1. The maximum absolute atomic E-state index is 4.23. The predicted molar refractivity (Wildman–Crippen MR) is 69.8 cm³/mol. The average molecular weight is 242 g/mol. The molecular formula is C12H10N4S. The summed E-state index contributed by atoms with van der Waals surface area (Å²) in [4.78, 5) is 12.6. The summed E-state index contributed by atoms with van der Waals surface area (Å²) in [6, 6.07) is 12.1. The number of nitrogens with one attached hydrogen (secondary N) is 2. The molecule has 2 aromatic heterocycles. The van der Waals surface area contributed by atoms with E-state index in [1.54, 1.807) is 6.33 Å². The SMILES string of the molecule is c1ccc(SNc2ncnc3[nH]ccc23)cc1. The van der Waals surface area contributed by atoms with Crippen molar-refractivity contribution < 1.29 is 0 Å². The molecule has 0 amide bonds. The summed E-state index contributed by atoms with van der Waals surface area (Å²) in [7, 11) is 0. The molecule has 2 N–H and O–H groups in total. The van der Waals surface area contributed by atoms with E-state index < -0.39 is 0 Å². The molecule has 0 atom stereocenters. The number of hydrogen-bond donors (Lipinski definition) is 2. The van der Waals surface area contributed by atoms with E-state index in [0.29, 0.717) is 0 Å². The fourth-order valence-corrected chi connectivity index (χ4v) is 2.22. The maximum atomic E-state index is 4.23. The minimum absolute atomic E-state index is 0.824. The molecule has 3 rings (SSSR count). The van der Waals surface area contributed by atoms with Gasteiger partial charge in [0.2, 0.25) is 0 Å². The lowest BCUT2D eigenvalue weighted by atomic mass is 10.4. The van der Waals surface area contributed by atoms with Gasteiger partial charge in [-0.15, -0.1) is 0 Å². The van der Waals surface area contributed by atoms with Gasteiger partial charge in [-0.3, -0.25) is 0 Å². The Labute approximate surface area is 103 Å². The second-order valence-corrected chi connectivity index (χ2v) is 4.36. The van der Waals surface area contributed by atoms with Crippen LogP contribution in [0.4, 0.5) is 5.82 Å². The van der Waals surface area contributed by atoms with Crippen LogP contribution in [0.1, 0.15) is 0 Å². The molecule has 1 aromatic carbocycles. The number of hydrogen-bond acceptors (Lipinski definition) is 4. The Bertz CT molecular complexity index is 620. The van der Waals surface area contributed by atoms with Crippen molar-refractivity contribution in [2.24, 2.45) is 0 Å². The summed E-state index contributed by atoms with van der Waals surface area (Å²) < 4.78 is 3.24. The van der Waals surface area contributed by atoms with Crippen LogP contribution < -0.4 is 4.72 Å². The molecule has 0 saturated carbocycles. The van der Waals surface area contributed by atoms with Crippen molar-refractivity contribution in [1.82, 2.24) is 15.0 Å².